The van der Waals surface area contributed by atoms with Gasteiger partial charge in [-0.15, -0.1) is 35.7 Å². The number of thiophene rings is 1. The van der Waals surface area contributed by atoms with Crippen LogP contribution >= 0.6 is 35.7 Å². The van der Waals surface area contributed by atoms with E-state index in [0.29, 0.717) is 9.60 Å². The minimum atomic E-state index is -0.203. The van der Waals surface area contributed by atoms with E-state index >= 15 is 0 Å². The summed E-state index contributed by atoms with van der Waals surface area (Å²) in [7, 11) is 0. The Labute approximate surface area is 89.6 Å². The molecule has 0 spiro atoms. The highest BCUT2D eigenvalue weighted by atomic mass is 32.2. The average molecular weight is 230 g/mol. The summed E-state index contributed by atoms with van der Waals surface area (Å²) in [6.07, 6.45) is 1.99. The molecule has 0 fully saturated rings. The van der Waals surface area contributed by atoms with Crippen LogP contribution in [0, 0.1) is 5.82 Å². The van der Waals surface area contributed by atoms with Crippen molar-refractivity contribution in [1.29, 1.82) is 0 Å². The predicted molar refractivity (Wildman–Crippen MR) is 60.8 cm³/mol. The molecule has 0 saturated carbocycles. The second-order valence-corrected chi connectivity index (χ2v) is 4.79. The number of thiol groups is 1. The number of thioether (sulfide) groups is 1. The monoisotopic (exact) mass is 230 g/mol. The maximum atomic E-state index is 13.5. The van der Waals surface area contributed by atoms with E-state index < -0.39 is 0 Å². The summed E-state index contributed by atoms with van der Waals surface area (Å²) in [4.78, 5) is 1.55. The lowest BCUT2D eigenvalue weighted by Crippen LogP contribution is -1.77. The molecule has 1 aromatic heterocycles. The zero-order valence-corrected chi connectivity index (χ0v) is 9.40. The molecule has 4 heteroatoms. The van der Waals surface area contributed by atoms with E-state index in [9.17, 15) is 4.39 Å². The summed E-state index contributed by atoms with van der Waals surface area (Å²) >= 11 is 7.11. The highest BCUT2D eigenvalue weighted by molar-refractivity contribution is 7.99. The first kappa shape index (κ1) is 9.37. The molecule has 0 N–H and O–H groups in total. The first-order valence-corrected chi connectivity index (χ1v) is 6.22. The zero-order chi connectivity index (χ0) is 9.42. The molecule has 0 aliphatic heterocycles. The van der Waals surface area contributed by atoms with Gasteiger partial charge in [-0.3, -0.25) is 0 Å². The molecule has 0 saturated heterocycles. The number of hydrogen-bond acceptors (Lipinski definition) is 3. The van der Waals surface area contributed by atoms with E-state index in [1.165, 1.54) is 11.3 Å². The lowest BCUT2D eigenvalue weighted by Gasteiger charge is -1.97. The smallest absolute Gasteiger partial charge is 0.154 e. The Balaban J connectivity index is 2.81. The number of rotatable bonds is 1. The Kier molecular flexibility index (Phi) is 2.53. The molecule has 1 aromatic carbocycles. The van der Waals surface area contributed by atoms with Gasteiger partial charge in [0.25, 0.3) is 0 Å². The summed E-state index contributed by atoms with van der Waals surface area (Å²) in [5.41, 5.74) is 0. The second kappa shape index (κ2) is 3.52. The minimum absolute atomic E-state index is 0.203. The van der Waals surface area contributed by atoms with Crippen molar-refractivity contribution < 1.29 is 4.39 Å². The topological polar surface area (TPSA) is 0 Å². The zero-order valence-electron chi connectivity index (χ0n) is 6.87. The Morgan fingerprint density at radius 1 is 1.46 bits per heavy atom. The summed E-state index contributed by atoms with van der Waals surface area (Å²) in [5.74, 6) is -0.203. The Morgan fingerprint density at radius 3 is 2.92 bits per heavy atom. The maximum Gasteiger partial charge on any atom is 0.154 e. The van der Waals surface area contributed by atoms with Crippen molar-refractivity contribution in [1.82, 2.24) is 0 Å². The molecule has 1 heterocycles. The normalized spacial score (nSPS) is 11.0. The van der Waals surface area contributed by atoms with Gasteiger partial charge in [0.15, 0.2) is 5.82 Å². The van der Waals surface area contributed by atoms with Crippen molar-refractivity contribution in [3.63, 3.8) is 0 Å². The van der Waals surface area contributed by atoms with Crippen molar-refractivity contribution in [3.8, 4) is 0 Å². The molecule has 0 amide bonds. The predicted octanol–water partition coefficient (Wildman–Crippen LogP) is 4.05. The van der Waals surface area contributed by atoms with E-state index in [-0.39, 0.29) is 5.82 Å². The first-order chi connectivity index (χ1) is 6.24. The van der Waals surface area contributed by atoms with Gasteiger partial charge in [-0.05, 0) is 12.3 Å². The van der Waals surface area contributed by atoms with Crippen molar-refractivity contribution in [2.75, 3.05) is 6.26 Å². The van der Waals surface area contributed by atoms with E-state index in [1.807, 2.05) is 17.7 Å². The van der Waals surface area contributed by atoms with Gasteiger partial charge in [-0.25, -0.2) is 4.39 Å². The fraction of sp³-hybridized carbons (Fsp3) is 0.111. The molecule has 0 aliphatic rings. The largest absolute Gasteiger partial charge is 0.204 e. The highest BCUT2D eigenvalue weighted by Gasteiger charge is 2.09. The van der Waals surface area contributed by atoms with Crippen LogP contribution in [0.4, 0.5) is 4.39 Å². The summed E-state index contributed by atoms with van der Waals surface area (Å²) in [5, 5.41) is 2.97. The number of halogens is 1. The van der Waals surface area contributed by atoms with Crippen LogP contribution in [0.1, 0.15) is 0 Å². The fourth-order valence-electron chi connectivity index (χ4n) is 1.19. The summed E-state index contributed by atoms with van der Waals surface area (Å²) in [6, 6.07) is 3.62. The van der Waals surface area contributed by atoms with Crippen molar-refractivity contribution in [2.45, 2.75) is 9.79 Å². The molecule has 0 bridgehead atoms. The van der Waals surface area contributed by atoms with Crippen LogP contribution in [-0.4, -0.2) is 6.26 Å². The molecule has 0 unspecified atom stereocenters. The number of hydrogen-bond donors (Lipinski definition) is 1. The Bertz CT molecular complexity index is 447. The molecule has 68 valence electrons. The lowest BCUT2D eigenvalue weighted by molar-refractivity contribution is 0.617. The van der Waals surface area contributed by atoms with Crippen molar-refractivity contribution in [3.05, 3.63) is 23.3 Å². The van der Waals surface area contributed by atoms with Crippen LogP contribution in [0.2, 0.25) is 0 Å². The van der Waals surface area contributed by atoms with E-state index in [2.05, 4.69) is 12.6 Å². The van der Waals surface area contributed by atoms with Gasteiger partial charge in [0.2, 0.25) is 0 Å². The fourth-order valence-corrected chi connectivity index (χ4v) is 3.31. The first-order valence-electron chi connectivity index (χ1n) is 3.66. The number of benzene rings is 1. The third-order valence-electron chi connectivity index (χ3n) is 1.85. The van der Waals surface area contributed by atoms with Crippen molar-refractivity contribution >= 4 is 45.8 Å². The molecule has 2 rings (SSSR count). The third kappa shape index (κ3) is 1.47. The van der Waals surface area contributed by atoms with Crippen LogP contribution in [0.5, 0.6) is 0 Å². The highest BCUT2D eigenvalue weighted by Crippen LogP contribution is 2.35. The molecule has 0 radical (unpaired) electrons. The summed E-state index contributed by atoms with van der Waals surface area (Å²) in [6.45, 7) is 0. The molecule has 0 atom stereocenters. The van der Waals surface area contributed by atoms with E-state index in [4.69, 9.17) is 0 Å². The quantitative estimate of drug-likeness (QED) is 0.569. The van der Waals surface area contributed by atoms with E-state index in [1.54, 1.807) is 17.8 Å². The van der Waals surface area contributed by atoms with Gasteiger partial charge in [0.1, 0.15) is 0 Å². The van der Waals surface area contributed by atoms with Crippen LogP contribution in [0.3, 0.4) is 0 Å². The SMILES string of the molecule is CSc1csc2c(F)c(S)ccc12. The van der Waals surface area contributed by atoms with Crippen LogP contribution in [-0.2, 0) is 0 Å². The number of fused-ring (bicyclic) bond motifs is 1. The molecule has 0 nitrogen and oxygen atoms in total. The van der Waals surface area contributed by atoms with Crippen LogP contribution in [0.25, 0.3) is 10.1 Å². The Hall–Kier alpha value is -0.190. The maximum absolute atomic E-state index is 13.5. The van der Waals surface area contributed by atoms with Gasteiger partial charge >= 0.3 is 0 Å². The standard InChI is InChI=1S/C9H7FS3/c1-12-7-4-13-9-5(7)2-3-6(11)8(9)10/h2-4,11H,1H3. The second-order valence-electron chi connectivity index (χ2n) is 2.58. The Morgan fingerprint density at radius 2 is 2.23 bits per heavy atom. The summed E-state index contributed by atoms with van der Waals surface area (Å²) < 4.78 is 14.2. The van der Waals surface area contributed by atoms with Gasteiger partial charge in [-0.2, -0.15) is 0 Å². The van der Waals surface area contributed by atoms with Gasteiger partial charge in [0, 0.05) is 20.6 Å². The lowest BCUT2D eigenvalue weighted by atomic mass is 10.2. The molecule has 13 heavy (non-hydrogen) atoms. The molecule has 2 aromatic rings. The van der Waals surface area contributed by atoms with Gasteiger partial charge < -0.3 is 0 Å². The minimum Gasteiger partial charge on any atom is -0.204 e. The van der Waals surface area contributed by atoms with Gasteiger partial charge in [0.05, 0.1) is 4.70 Å². The van der Waals surface area contributed by atoms with Crippen molar-refractivity contribution in [2.24, 2.45) is 0 Å². The van der Waals surface area contributed by atoms with E-state index in [0.717, 1.165) is 10.3 Å². The van der Waals surface area contributed by atoms with Crippen LogP contribution in [0.15, 0.2) is 27.3 Å². The molecule has 0 aliphatic carbocycles. The molecular formula is C9H7FS3. The average Bonchev–Trinajstić information content (AvgIpc) is 2.55. The van der Waals surface area contributed by atoms with Crippen LogP contribution < -0.4 is 0 Å². The van der Waals surface area contributed by atoms with Gasteiger partial charge in [-0.1, -0.05) is 6.07 Å². The molecular weight excluding hydrogens is 223 g/mol. The third-order valence-corrected chi connectivity index (χ3v) is 4.11.